The number of imidazole rings is 1. The van der Waals surface area contributed by atoms with E-state index in [1.54, 1.807) is 25.3 Å². The molecule has 1 aliphatic rings. The van der Waals surface area contributed by atoms with E-state index in [-0.39, 0.29) is 6.01 Å². The number of H-pyrrole nitrogens is 1. The van der Waals surface area contributed by atoms with Gasteiger partial charge >= 0.3 is 6.01 Å². The van der Waals surface area contributed by atoms with Gasteiger partial charge in [-0.15, -0.1) is 0 Å². The Bertz CT molecular complexity index is 1830. The van der Waals surface area contributed by atoms with Crippen molar-refractivity contribution in [2.45, 2.75) is 6.92 Å². The average Bonchev–Trinajstić information content (AvgIpc) is 3.46. The number of nitrogens with zero attached hydrogens (tertiary/aromatic N) is 6. The Hall–Kier alpha value is -4.99. The summed E-state index contributed by atoms with van der Waals surface area (Å²) in [4.78, 5) is 23.6. The molecule has 0 amide bonds. The van der Waals surface area contributed by atoms with Crippen molar-refractivity contribution in [2.75, 3.05) is 43.6 Å². The molecule has 2 N–H and O–H groups in total. The number of fused-ring (bicyclic) bond motifs is 1. The predicted octanol–water partition coefficient (Wildman–Crippen LogP) is 6.26. The number of hydrogen-bond acceptors (Lipinski definition) is 10. The first-order valence-corrected chi connectivity index (χ1v) is 14.3. The number of para-hydroxylation sites is 2. The smallest absolute Gasteiger partial charge is 0.328 e. The minimum Gasteiger partial charge on any atom is -0.493 e. The van der Waals surface area contributed by atoms with Gasteiger partial charge in [0.1, 0.15) is 11.9 Å². The number of allylic oxidation sites excluding steroid dienone is 1. The summed E-state index contributed by atoms with van der Waals surface area (Å²) in [6.07, 6.45) is 1.74. The lowest BCUT2D eigenvalue weighted by atomic mass is 10.1. The van der Waals surface area contributed by atoms with E-state index in [0.717, 1.165) is 32.3 Å². The van der Waals surface area contributed by atoms with E-state index < -0.39 is 0 Å². The zero-order chi connectivity index (χ0) is 29.8. The molecular formula is C31H27BrN8O3. The normalized spacial score (nSPS) is 13.5. The van der Waals surface area contributed by atoms with Gasteiger partial charge in [-0.25, -0.2) is 4.98 Å². The van der Waals surface area contributed by atoms with Crippen LogP contribution in [0.25, 0.3) is 22.7 Å². The van der Waals surface area contributed by atoms with Crippen molar-refractivity contribution in [2.24, 2.45) is 0 Å². The molecule has 0 spiro atoms. The highest BCUT2D eigenvalue weighted by Crippen LogP contribution is 2.34. The molecule has 1 fully saturated rings. The number of ether oxygens (including phenoxy) is 3. The van der Waals surface area contributed by atoms with Crippen LogP contribution in [0.3, 0.4) is 0 Å². The predicted molar refractivity (Wildman–Crippen MR) is 168 cm³/mol. The van der Waals surface area contributed by atoms with Gasteiger partial charge in [-0.05, 0) is 76.5 Å². The third-order valence-corrected chi connectivity index (χ3v) is 7.39. The zero-order valence-electron chi connectivity index (χ0n) is 23.5. The highest BCUT2D eigenvalue weighted by atomic mass is 79.9. The topological polar surface area (TPSA) is 134 Å². The van der Waals surface area contributed by atoms with Gasteiger partial charge in [0.25, 0.3) is 0 Å². The molecule has 43 heavy (non-hydrogen) atoms. The quantitative estimate of drug-likeness (QED) is 0.187. The minimum atomic E-state index is 0.101. The van der Waals surface area contributed by atoms with E-state index in [1.165, 1.54) is 0 Å². The number of nitrogens with one attached hydrogen (secondary N) is 2. The molecule has 6 rings (SSSR count). The first-order chi connectivity index (χ1) is 21.0. The second-order valence-corrected chi connectivity index (χ2v) is 10.6. The average molecular weight is 640 g/mol. The van der Waals surface area contributed by atoms with Gasteiger partial charge in [-0.3, -0.25) is 0 Å². The van der Waals surface area contributed by atoms with Gasteiger partial charge < -0.3 is 29.4 Å². The van der Waals surface area contributed by atoms with E-state index in [2.05, 4.69) is 52.2 Å². The van der Waals surface area contributed by atoms with Gasteiger partial charge in [-0.2, -0.15) is 20.2 Å². The largest absolute Gasteiger partial charge is 0.493 e. The van der Waals surface area contributed by atoms with Crippen LogP contribution in [0.2, 0.25) is 0 Å². The van der Waals surface area contributed by atoms with Gasteiger partial charge in [0.05, 0.1) is 42.6 Å². The molecule has 3 aromatic carbocycles. The number of aromatic amines is 1. The first-order valence-electron chi connectivity index (χ1n) is 13.5. The Morgan fingerprint density at radius 1 is 1.05 bits per heavy atom. The molecule has 1 aliphatic heterocycles. The maximum Gasteiger partial charge on any atom is 0.328 e. The number of nitriles is 1. The lowest BCUT2D eigenvalue weighted by molar-refractivity contribution is 0.122. The van der Waals surface area contributed by atoms with Gasteiger partial charge in [0.2, 0.25) is 11.9 Å². The summed E-state index contributed by atoms with van der Waals surface area (Å²) in [6, 6.07) is 21.3. The lowest BCUT2D eigenvalue weighted by Gasteiger charge is -2.27. The molecule has 3 heterocycles. The van der Waals surface area contributed by atoms with Crippen LogP contribution in [0, 0.1) is 18.3 Å². The fraction of sp³-hybridized carbons (Fsp3) is 0.194. The number of methoxy groups -OCH3 is 1. The molecule has 0 radical (unpaired) electrons. The number of hydrogen-bond donors (Lipinski definition) is 2. The van der Waals surface area contributed by atoms with Gasteiger partial charge in [0.15, 0.2) is 11.5 Å². The van der Waals surface area contributed by atoms with Crippen LogP contribution in [0.15, 0.2) is 65.1 Å². The summed E-state index contributed by atoms with van der Waals surface area (Å²) in [6.45, 7) is 4.47. The SMILES string of the molecule is COc1cc(C=C(C#N)c2nc3ccccc3[nH]2)ccc1Oc1nc(Nc2ccc(C)cc2Br)nc(N2CCOCC2)n1. The molecule has 11 nitrogen and oxygen atoms in total. The molecular weight excluding hydrogens is 612 g/mol. The fourth-order valence-electron chi connectivity index (χ4n) is 4.55. The summed E-state index contributed by atoms with van der Waals surface area (Å²) in [5.41, 5.74) is 4.70. The zero-order valence-corrected chi connectivity index (χ0v) is 25.1. The number of benzene rings is 3. The van der Waals surface area contributed by atoms with Crippen molar-refractivity contribution >= 4 is 56.2 Å². The molecule has 0 atom stereocenters. The summed E-state index contributed by atoms with van der Waals surface area (Å²) in [7, 11) is 1.55. The molecule has 5 aromatic rings. The lowest BCUT2D eigenvalue weighted by Crippen LogP contribution is -2.37. The number of morpholine rings is 1. The van der Waals surface area contributed by atoms with Gasteiger partial charge in [-0.1, -0.05) is 24.3 Å². The second kappa shape index (κ2) is 12.5. The van der Waals surface area contributed by atoms with E-state index in [9.17, 15) is 5.26 Å². The van der Waals surface area contributed by atoms with Crippen LogP contribution in [0.5, 0.6) is 17.5 Å². The van der Waals surface area contributed by atoms with E-state index in [4.69, 9.17) is 14.2 Å². The molecule has 12 heteroatoms. The number of aryl methyl sites for hydroxylation is 1. The number of aromatic nitrogens is 5. The van der Waals surface area contributed by atoms with Crippen LogP contribution < -0.4 is 19.7 Å². The summed E-state index contributed by atoms with van der Waals surface area (Å²) in [5.74, 6) is 2.15. The highest BCUT2D eigenvalue weighted by molar-refractivity contribution is 9.10. The monoisotopic (exact) mass is 638 g/mol. The van der Waals surface area contributed by atoms with Gasteiger partial charge in [0, 0.05) is 17.6 Å². The van der Waals surface area contributed by atoms with Crippen molar-refractivity contribution in [3.05, 3.63) is 82.1 Å². The maximum atomic E-state index is 9.86. The Morgan fingerprint density at radius 3 is 2.65 bits per heavy atom. The van der Waals surface area contributed by atoms with Crippen molar-refractivity contribution in [1.82, 2.24) is 24.9 Å². The standard InChI is InChI=1S/C31H27BrN8O3/c1-19-7-9-23(22(32)15-19)36-29-37-30(40-11-13-42-14-12-40)39-31(38-29)43-26-10-8-20(17-27(26)41-2)16-21(18-33)28-34-24-5-3-4-6-25(24)35-28/h3-10,15-17H,11-14H2,1-2H3,(H,34,35)(H,36,37,38,39). The Morgan fingerprint density at radius 2 is 1.88 bits per heavy atom. The second-order valence-electron chi connectivity index (χ2n) is 9.73. The minimum absolute atomic E-state index is 0.101. The summed E-state index contributed by atoms with van der Waals surface area (Å²) in [5, 5.41) is 13.1. The summed E-state index contributed by atoms with van der Waals surface area (Å²) >= 11 is 3.60. The van der Waals surface area contributed by atoms with Crippen molar-refractivity contribution in [3.8, 4) is 23.6 Å². The number of anilines is 3. The number of rotatable bonds is 8. The molecule has 0 aliphatic carbocycles. The molecule has 1 saturated heterocycles. The van der Waals surface area contributed by atoms with Crippen molar-refractivity contribution in [3.63, 3.8) is 0 Å². The van der Waals surface area contributed by atoms with Crippen LogP contribution in [-0.4, -0.2) is 58.3 Å². The maximum absolute atomic E-state index is 9.86. The molecule has 2 aromatic heterocycles. The third-order valence-electron chi connectivity index (χ3n) is 6.73. The van der Waals surface area contributed by atoms with E-state index >= 15 is 0 Å². The molecule has 0 saturated carbocycles. The van der Waals surface area contributed by atoms with E-state index in [0.29, 0.717) is 61.1 Å². The van der Waals surface area contributed by atoms with Crippen molar-refractivity contribution < 1.29 is 14.2 Å². The highest BCUT2D eigenvalue weighted by Gasteiger charge is 2.19. The third kappa shape index (κ3) is 6.43. The first kappa shape index (κ1) is 28.1. The van der Waals surface area contributed by atoms with Crippen LogP contribution in [0.4, 0.5) is 17.6 Å². The molecule has 0 bridgehead atoms. The number of halogens is 1. The Labute approximate surface area is 256 Å². The molecule has 0 unspecified atom stereocenters. The van der Waals surface area contributed by atoms with Crippen LogP contribution in [-0.2, 0) is 4.74 Å². The van der Waals surface area contributed by atoms with E-state index in [1.807, 2.05) is 60.4 Å². The summed E-state index contributed by atoms with van der Waals surface area (Å²) < 4.78 is 18.2. The van der Waals surface area contributed by atoms with Crippen molar-refractivity contribution in [1.29, 1.82) is 5.26 Å². The van der Waals surface area contributed by atoms with Crippen LogP contribution in [0.1, 0.15) is 17.0 Å². The van der Waals surface area contributed by atoms with Crippen LogP contribution >= 0.6 is 15.9 Å². The fourth-order valence-corrected chi connectivity index (χ4v) is 5.14. The Kier molecular flexibility index (Phi) is 8.17. The Balaban J connectivity index is 1.30. The molecule has 216 valence electrons.